The first-order chi connectivity index (χ1) is 18.7. The molecule has 0 saturated heterocycles. The van der Waals surface area contributed by atoms with Crippen LogP contribution in [0.4, 0.5) is 0 Å². The predicted molar refractivity (Wildman–Crippen MR) is 169 cm³/mol. The Labute approximate surface area is 238 Å². The molecule has 2 nitrogen and oxygen atoms in total. The maximum Gasteiger partial charge on any atom is 0.119 e. The van der Waals surface area contributed by atoms with Gasteiger partial charge < -0.3 is 4.57 Å². The van der Waals surface area contributed by atoms with E-state index in [1.54, 1.807) is 0 Å². The van der Waals surface area contributed by atoms with Gasteiger partial charge in [0.25, 0.3) is 0 Å². The zero-order valence-electron chi connectivity index (χ0n) is 25.9. The molecule has 1 aromatic rings. The molecule has 2 atom stereocenters. The minimum Gasteiger partial charge on any atom is -0.331 e. The zero-order chi connectivity index (χ0) is 27.2. The monoisotopic (exact) mass is 525 g/mol. The summed E-state index contributed by atoms with van der Waals surface area (Å²) in [4.78, 5) is 4.96. The third-order valence-corrected chi connectivity index (χ3v) is 8.94. The van der Waals surface area contributed by atoms with Crippen LogP contribution in [0.3, 0.4) is 0 Å². The predicted octanol–water partition coefficient (Wildman–Crippen LogP) is 12.2. The van der Waals surface area contributed by atoms with Gasteiger partial charge in [-0.1, -0.05) is 173 Å². The molecular weight excluding hydrogens is 460 g/mol. The van der Waals surface area contributed by atoms with Gasteiger partial charge >= 0.3 is 0 Å². The fraction of sp³-hybridized carbons (Fsp3) is 0.806. The fourth-order valence-corrected chi connectivity index (χ4v) is 6.35. The Kier molecular flexibility index (Phi) is 18.6. The molecule has 0 fully saturated rings. The van der Waals surface area contributed by atoms with Crippen molar-refractivity contribution in [2.24, 2.45) is 0 Å². The Balaban J connectivity index is 1.61. The van der Waals surface area contributed by atoms with Gasteiger partial charge in [0.2, 0.25) is 0 Å². The highest BCUT2D eigenvalue weighted by molar-refractivity contribution is 5.29. The molecule has 2 heteroatoms. The topological polar surface area (TPSA) is 17.8 Å². The largest absolute Gasteiger partial charge is 0.331 e. The Morgan fingerprint density at radius 2 is 1.18 bits per heavy atom. The average molecular weight is 525 g/mol. The summed E-state index contributed by atoms with van der Waals surface area (Å²) in [6.45, 7) is 7.02. The van der Waals surface area contributed by atoms with Crippen molar-refractivity contribution in [2.75, 3.05) is 0 Å². The van der Waals surface area contributed by atoms with E-state index in [0.29, 0.717) is 6.04 Å². The lowest BCUT2D eigenvalue weighted by atomic mass is 9.76. The van der Waals surface area contributed by atoms with Crippen LogP contribution in [0.1, 0.15) is 187 Å². The number of hydrogen-bond acceptors (Lipinski definition) is 1. The van der Waals surface area contributed by atoms with Crippen LogP contribution in [-0.2, 0) is 5.41 Å². The molecule has 38 heavy (non-hydrogen) atoms. The Morgan fingerprint density at radius 1 is 0.684 bits per heavy atom. The molecule has 0 aromatic carbocycles. The van der Waals surface area contributed by atoms with Gasteiger partial charge in [-0.25, -0.2) is 4.98 Å². The molecule has 218 valence electrons. The van der Waals surface area contributed by atoms with Gasteiger partial charge in [0, 0.05) is 18.4 Å². The highest BCUT2D eigenvalue weighted by atomic mass is 15.1. The Morgan fingerprint density at radius 3 is 1.68 bits per heavy atom. The van der Waals surface area contributed by atoms with E-state index in [9.17, 15) is 0 Å². The standard InChI is InChI=1S/C36H64N2/c1-4-6-8-10-12-13-14-15-16-17-18-19-20-21-24-28-34(3)38-33-32-37-35(38)36(30-26-23-27-31-36)29-25-22-11-9-7-5-2/h23,26-27,30,32-34H,4-22,24-25,28-29,31H2,1-3H3. The lowest BCUT2D eigenvalue weighted by Crippen LogP contribution is -2.29. The first-order valence-corrected chi connectivity index (χ1v) is 17.1. The SMILES string of the molecule is CCCCCCCCCCCCCCCCCC(C)n1ccnc1C1(CCCCCCCC)C=CC=CC1. The molecule has 0 spiro atoms. The normalized spacial score (nSPS) is 17.9. The van der Waals surface area contributed by atoms with E-state index in [4.69, 9.17) is 4.98 Å². The van der Waals surface area contributed by atoms with Crippen LogP contribution in [0, 0.1) is 0 Å². The molecule has 0 amide bonds. The van der Waals surface area contributed by atoms with Crippen molar-refractivity contribution in [2.45, 2.75) is 186 Å². The molecule has 1 aliphatic rings. The lowest BCUT2D eigenvalue weighted by molar-refractivity contribution is 0.380. The third-order valence-electron chi connectivity index (χ3n) is 8.94. The quantitative estimate of drug-likeness (QED) is 0.116. The zero-order valence-corrected chi connectivity index (χ0v) is 25.9. The summed E-state index contributed by atoms with van der Waals surface area (Å²) in [7, 11) is 0. The molecule has 1 aliphatic carbocycles. The summed E-state index contributed by atoms with van der Waals surface area (Å²) in [6, 6.07) is 0.537. The molecule has 0 aliphatic heterocycles. The summed E-state index contributed by atoms with van der Waals surface area (Å²) in [5, 5.41) is 0. The van der Waals surface area contributed by atoms with Crippen LogP contribution in [0.25, 0.3) is 0 Å². The van der Waals surface area contributed by atoms with E-state index in [0.717, 1.165) is 6.42 Å². The molecular formula is C36H64N2. The molecule has 0 N–H and O–H groups in total. The van der Waals surface area contributed by atoms with Crippen LogP contribution in [0.15, 0.2) is 36.7 Å². The van der Waals surface area contributed by atoms with Crippen molar-refractivity contribution >= 4 is 0 Å². The van der Waals surface area contributed by atoms with Crippen molar-refractivity contribution in [1.29, 1.82) is 0 Å². The van der Waals surface area contributed by atoms with E-state index in [1.165, 1.54) is 154 Å². The number of aromatic nitrogens is 2. The van der Waals surface area contributed by atoms with E-state index in [1.807, 2.05) is 6.20 Å². The second-order valence-electron chi connectivity index (χ2n) is 12.4. The minimum absolute atomic E-state index is 0.0896. The molecule has 1 heterocycles. The summed E-state index contributed by atoms with van der Waals surface area (Å²) in [5.41, 5.74) is 0.0896. The maximum absolute atomic E-state index is 4.96. The van der Waals surface area contributed by atoms with Crippen molar-refractivity contribution in [3.8, 4) is 0 Å². The van der Waals surface area contributed by atoms with Crippen LogP contribution < -0.4 is 0 Å². The molecule has 0 bridgehead atoms. The first kappa shape index (κ1) is 32.9. The lowest BCUT2D eigenvalue weighted by Gasteiger charge is -2.33. The van der Waals surface area contributed by atoms with Gasteiger partial charge in [-0.3, -0.25) is 0 Å². The van der Waals surface area contributed by atoms with Gasteiger partial charge in [-0.2, -0.15) is 0 Å². The van der Waals surface area contributed by atoms with E-state index in [2.05, 4.69) is 55.8 Å². The summed E-state index contributed by atoms with van der Waals surface area (Å²) in [6.07, 6.45) is 46.8. The minimum atomic E-state index is 0.0896. The summed E-state index contributed by atoms with van der Waals surface area (Å²) in [5.74, 6) is 1.31. The highest BCUT2D eigenvalue weighted by Crippen LogP contribution is 2.38. The van der Waals surface area contributed by atoms with Crippen LogP contribution in [0.5, 0.6) is 0 Å². The van der Waals surface area contributed by atoms with Gasteiger partial charge in [-0.05, 0) is 26.2 Å². The number of allylic oxidation sites excluding steroid dienone is 4. The number of hydrogen-bond donors (Lipinski definition) is 0. The van der Waals surface area contributed by atoms with Crippen LogP contribution in [-0.4, -0.2) is 9.55 Å². The molecule has 0 radical (unpaired) electrons. The number of rotatable bonds is 25. The number of nitrogens with zero attached hydrogens (tertiary/aromatic N) is 2. The molecule has 2 rings (SSSR count). The van der Waals surface area contributed by atoms with Gasteiger partial charge in [0.1, 0.15) is 5.82 Å². The molecule has 1 aromatic heterocycles. The summed E-state index contributed by atoms with van der Waals surface area (Å²) >= 11 is 0. The van der Waals surface area contributed by atoms with Crippen molar-refractivity contribution in [1.82, 2.24) is 9.55 Å². The molecule has 2 unspecified atom stereocenters. The van der Waals surface area contributed by atoms with Crippen LogP contribution >= 0.6 is 0 Å². The second kappa shape index (κ2) is 21.5. The number of unbranched alkanes of at least 4 members (excludes halogenated alkanes) is 19. The first-order valence-electron chi connectivity index (χ1n) is 17.1. The van der Waals surface area contributed by atoms with Crippen molar-refractivity contribution in [3.05, 3.63) is 42.5 Å². The Hall–Kier alpha value is -1.31. The van der Waals surface area contributed by atoms with E-state index >= 15 is 0 Å². The number of imidazole rings is 1. The Bertz CT molecular complexity index is 729. The van der Waals surface area contributed by atoms with Gasteiger partial charge in [0.15, 0.2) is 0 Å². The second-order valence-corrected chi connectivity index (χ2v) is 12.4. The third kappa shape index (κ3) is 13.2. The maximum atomic E-state index is 4.96. The van der Waals surface area contributed by atoms with E-state index in [-0.39, 0.29) is 5.41 Å². The van der Waals surface area contributed by atoms with Gasteiger partial charge in [-0.15, -0.1) is 0 Å². The smallest absolute Gasteiger partial charge is 0.119 e. The highest BCUT2D eigenvalue weighted by Gasteiger charge is 2.34. The molecule has 0 saturated carbocycles. The van der Waals surface area contributed by atoms with Gasteiger partial charge in [0.05, 0.1) is 5.41 Å². The summed E-state index contributed by atoms with van der Waals surface area (Å²) < 4.78 is 2.52. The van der Waals surface area contributed by atoms with Crippen LogP contribution in [0.2, 0.25) is 0 Å². The average Bonchev–Trinajstić information content (AvgIpc) is 3.44. The fourth-order valence-electron chi connectivity index (χ4n) is 6.35. The van der Waals surface area contributed by atoms with Crippen molar-refractivity contribution < 1.29 is 0 Å². The van der Waals surface area contributed by atoms with E-state index < -0.39 is 0 Å². The van der Waals surface area contributed by atoms with Crippen molar-refractivity contribution in [3.63, 3.8) is 0 Å².